The van der Waals surface area contributed by atoms with Gasteiger partial charge < -0.3 is 9.84 Å². The molecular weight excluding hydrogens is 524 g/mol. The molecule has 1 unspecified atom stereocenters. The highest BCUT2D eigenvalue weighted by atomic mass is 35.5. The molecule has 3 aromatic rings. The van der Waals surface area contributed by atoms with Crippen LogP contribution in [0.25, 0.3) is 11.3 Å². The number of para-hydroxylation sites is 1. The number of hydrazone groups is 1. The van der Waals surface area contributed by atoms with Gasteiger partial charge in [-0.05, 0) is 55.0 Å². The van der Waals surface area contributed by atoms with Gasteiger partial charge in [0.15, 0.2) is 0 Å². The van der Waals surface area contributed by atoms with Crippen LogP contribution in [0.15, 0.2) is 72.0 Å². The number of halogens is 7. The molecule has 37 heavy (non-hydrogen) atoms. The van der Waals surface area contributed by atoms with E-state index >= 15 is 0 Å². The van der Waals surface area contributed by atoms with Crippen LogP contribution in [0.5, 0.6) is 5.75 Å². The molecule has 0 fully saturated rings. The molecule has 0 amide bonds. The Morgan fingerprint density at radius 3 is 2.16 bits per heavy atom. The molecule has 0 radical (unpaired) electrons. The second-order valence-electron chi connectivity index (χ2n) is 8.20. The summed E-state index contributed by atoms with van der Waals surface area (Å²) in [4.78, 5) is 4.35. The fourth-order valence-corrected chi connectivity index (χ4v) is 4.22. The first-order valence-electron chi connectivity index (χ1n) is 11.0. The monoisotopic (exact) mass is 543 g/mol. The number of hydrogen-bond acceptors (Lipinski definition) is 5. The highest BCUT2D eigenvalue weighted by Crippen LogP contribution is 2.49. The molecule has 1 aromatic heterocycles. The van der Waals surface area contributed by atoms with Gasteiger partial charge in [-0.25, -0.2) is 0 Å². The zero-order chi connectivity index (χ0) is 27.0. The van der Waals surface area contributed by atoms with E-state index in [4.69, 9.17) is 16.3 Å². The van der Waals surface area contributed by atoms with Gasteiger partial charge in [0.25, 0.3) is 5.60 Å². The van der Waals surface area contributed by atoms with Crippen molar-refractivity contribution in [1.82, 2.24) is 4.98 Å². The number of anilines is 1. The largest absolute Gasteiger partial charge is 0.494 e. The third-order valence-electron chi connectivity index (χ3n) is 5.88. The van der Waals surface area contributed by atoms with E-state index in [-0.39, 0.29) is 16.3 Å². The first kappa shape index (κ1) is 26.7. The Labute approximate surface area is 213 Å². The maximum Gasteiger partial charge on any atom is 0.431 e. The minimum atomic E-state index is -6.05. The molecule has 0 saturated heterocycles. The van der Waals surface area contributed by atoms with Crippen molar-refractivity contribution in [2.45, 2.75) is 37.3 Å². The van der Waals surface area contributed by atoms with E-state index in [1.54, 1.807) is 36.4 Å². The van der Waals surface area contributed by atoms with E-state index in [0.717, 1.165) is 10.6 Å². The molecule has 12 heteroatoms. The quantitative estimate of drug-likeness (QED) is 0.341. The lowest BCUT2D eigenvalue weighted by molar-refractivity contribution is -0.338. The van der Waals surface area contributed by atoms with Crippen LogP contribution in [0.3, 0.4) is 0 Å². The van der Waals surface area contributed by atoms with E-state index in [0.29, 0.717) is 18.1 Å². The normalized spacial score (nSPS) is 16.6. The Hall–Kier alpha value is -3.31. The Morgan fingerprint density at radius 1 is 0.973 bits per heavy atom. The molecule has 1 aliphatic heterocycles. The summed E-state index contributed by atoms with van der Waals surface area (Å²) < 4.78 is 86.9. The summed E-state index contributed by atoms with van der Waals surface area (Å²) in [5.74, 6) is 0.663. The molecule has 196 valence electrons. The highest BCUT2D eigenvalue weighted by Gasteiger charge is 2.74. The number of pyridine rings is 1. The van der Waals surface area contributed by atoms with Crippen LogP contribution in [0.1, 0.15) is 24.9 Å². The van der Waals surface area contributed by atoms with Gasteiger partial charge in [-0.3, -0.25) is 9.99 Å². The van der Waals surface area contributed by atoms with E-state index in [1.165, 1.54) is 30.5 Å². The summed E-state index contributed by atoms with van der Waals surface area (Å²) in [5.41, 5.74) is -5.02. The molecule has 2 aromatic carbocycles. The van der Waals surface area contributed by atoms with Gasteiger partial charge in [-0.2, -0.15) is 31.4 Å². The molecule has 0 spiro atoms. The summed E-state index contributed by atoms with van der Waals surface area (Å²) in [6, 6.07) is 14.9. The molecule has 1 N–H and O–H groups in total. The third kappa shape index (κ3) is 4.97. The molecule has 5 nitrogen and oxygen atoms in total. The number of hydrogen-bond donors (Lipinski definition) is 1. The molecule has 2 heterocycles. The van der Waals surface area contributed by atoms with Crippen LogP contribution in [0, 0.1) is 0 Å². The third-order valence-corrected chi connectivity index (χ3v) is 6.20. The molecule has 0 bridgehead atoms. The fraction of sp³-hybridized carbons (Fsp3) is 0.280. The van der Waals surface area contributed by atoms with Gasteiger partial charge in [0.05, 0.1) is 34.8 Å². The summed E-state index contributed by atoms with van der Waals surface area (Å²) in [7, 11) is 0. The van der Waals surface area contributed by atoms with Crippen molar-refractivity contribution in [2.24, 2.45) is 5.10 Å². The number of alkyl halides is 6. The average Bonchev–Trinajstić information content (AvgIpc) is 3.28. The van der Waals surface area contributed by atoms with Gasteiger partial charge in [0.1, 0.15) is 5.75 Å². The number of aliphatic hydroxyl groups is 1. The maximum absolute atomic E-state index is 13.6. The minimum Gasteiger partial charge on any atom is -0.494 e. The van der Waals surface area contributed by atoms with Crippen molar-refractivity contribution in [3.8, 4) is 17.0 Å². The van der Waals surface area contributed by atoms with Crippen LogP contribution in [0.2, 0.25) is 5.02 Å². The molecule has 1 atom stereocenters. The van der Waals surface area contributed by atoms with E-state index < -0.39 is 36.1 Å². The van der Waals surface area contributed by atoms with Crippen molar-refractivity contribution in [1.29, 1.82) is 0 Å². The van der Waals surface area contributed by atoms with Crippen LogP contribution >= 0.6 is 11.6 Å². The van der Waals surface area contributed by atoms with Crippen molar-refractivity contribution < 1.29 is 36.2 Å². The predicted molar refractivity (Wildman–Crippen MR) is 127 cm³/mol. The molecular formula is C25H20ClF6N3O2. The van der Waals surface area contributed by atoms with Gasteiger partial charge in [-0.15, -0.1) is 0 Å². The zero-order valence-electron chi connectivity index (χ0n) is 19.2. The second kappa shape index (κ2) is 9.86. The molecule has 0 saturated carbocycles. The summed E-state index contributed by atoms with van der Waals surface area (Å²) in [6.45, 7) is 2.35. The lowest BCUT2D eigenvalue weighted by Crippen LogP contribution is -2.62. The Bertz CT molecular complexity index is 1260. The van der Waals surface area contributed by atoms with Crippen molar-refractivity contribution >= 4 is 23.0 Å². The number of nitrogens with zero attached hydrogens (tertiary/aromatic N) is 3. The van der Waals surface area contributed by atoms with Crippen LogP contribution in [-0.4, -0.2) is 40.4 Å². The lowest BCUT2D eigenvalue weighted by Gasteiger charge is -2.32. The van der Waals surface area contributed by atoms with Gasteiger partial charge >= 0.3 is 12.4 Å². The highest BCUT2D eigenvalue weighted by molar-refractivity contribution is 6.33. The smallest absolute Gasteiger partial charge is 0.431 e. The van der Waals surface area contributed by atoms with Gasteiger partial charge in [0, 0.05) is 18.2 Å². The molecule has 1 aliphatic rings. The minimum absolute atomic E-state index is 0.0547. The zero-order valence-corrected chi connectivity index (χ0v) is 19.9. The lowest BCUT2D eigenvalue weighted by atomic mass is 9.90. The van der Waals surface area contributed by atoms with Crippen molar-refractivity contribution in [3.63, 3.8) is 0 Å². The number of ether oxygens (including phenoxy) is 1. The second-order valence-corrected chi connectivity index (χ2v) is 8.61. The average molecular weight is 544 g/mol. The topological polar surface area (TPSA) is 58.0 Å². The van der Waals surface area contributed by atoms with Crippen LogP contribution in [-0.2, 0) is 0 Å². The van der Waals surface area contributed by atoms with E-state index in [1.807, 2.05) is 6.92 Å². The predicted octanol–water partition coefficient (Wildman–Crippen LogP) is 6.96. The molecule has 4 rings (SSSR count). The van der Waals surface area contributed by atoms with E-state index in [2.05, 4.69) is 10.1 Å². The van der Waals surface area contributed by atoms with Crippen LogP contribution in [0.4, 0.5) is 32.0 Å². The number of benzene rings is 2. The summed E-state index contributed by atoms with van der Waals surface area (Å²) in [6.07, 6.45) is -11.6. The van der Waals surface area contributed by atoms with Gasteiger partial charge in [0.2, 0.25) is 0 Å². The van der Waals surface area contributed by atoms with Crippen molar-refractivity contribution in [3.05, 3.63) is 77.4 Å². The van der Waals surface area contributed by atoms with Crippen molar-refractivity contribution in [2.75, 3.05) is 11.6 Å². The first-order valence-corrected chi connectivity index (χ1v) is 11.4. The Kier molecular flexibility index (Phi) is 7.13. The van der Waals surface area contributed by atoms with Crippen LogP contribution < -0.4 is 9.75 Å². The first-order chi connectivity index (χ1) is 17.4. The number of aromatic nitrogens is 1. The summed E-state index contributed by atoms with van der Waals surface area (Å²) >= 11 is 6.20. The number of rotatable bonds is 6. The van der Waals surface area contributed by atoms with Gasteiger partial charge in [-0.1, -0.05) is 29.8 Å². The SMILES string of the molecule is CCOc1ccc(-c2ccc(C3CC(C(O)(C(F)(F)F)C(F)(F)F)=NN3c3ccccc3Cl)cn2)cc1. The summed E-state index contributed by atoms with van der Waals surface area (Å²) in [5, 5.41) is 14.6. The molecule has 0 aliphatic carbocycles. The standard InChI is InChI=1S/C25H20ClF6N3O2/c1-2-37-17-10-7-15(8-11-17)19-12-9-16(14-33-19)21-13-22(23(36,24(27,28)29)25(30,31)32)34-35(21)20-6-4-3-5-18(20)26/h3-12,14,21,36H,2,13H2,1H3. The van der Waals surface area contributed by atoms with E-state index in [9.17, 15) is 31.4 Å². The maximum atomic E-state index is 13.6. The fourth-order valence-electron chi connectivity index (χ4n) is 4.00. The Balaban J connectivity index is 1.73. The Morgan fingerprint density at radius 2 is 1.62 bits per heavy atom.